The second-order valence-corrected chi connectivity index (χ2v) is 5.16. The molecule has 2 rings (SSSR count). The quantitative estimate of drug-likeness (QED) is 0.758. The molecule has 0 amide bonds. The summed E-state index contributed by atoms with van der Waals surface area (Å²) in [6, 6.07) is 9.29. The topological polar surface area (TPSA) is 21.3 Å². The van der Waals surface area contributed by atoms with Gasteiger partial charge in [-0.2, -0.15) is 0 Å². The van der Waals surface area contributed by atoms with Crippen molar-refractivity contribution in [3.8, 4) is 5.75 Å². The Morgan fingerprint density at radius 3 is 2.50 bits per heavy atom. The Bertz CT molecular complexity index is 343. The fourth-order valence-corrected chi connectivity index (χ4v) is 2.19. The van der Waals surface area contributed by atoms with E-state index in [0.29, 0.717) is 12.1 Å². The SMILES string of the molecule is CCNC(CC)CCc1ccc(OC2CC2)cc1. The van der Waals surface area contributed by atoms with Gasteiger partial charge in [0.05, 0.1) is 6.10 Å². The predicted molar refractivity (Wildman–Crippen MR) is 76.2 cm³/mol. The molecule has 1 saturated carbocycles. The van der Waals surface area contributed by atoms with Gasteiger partial charge in [-0.25, -0.2) is 0 Å². The maximum Gasteiger partial charge on any atom is 0.119 e. The number of ether oxygens (including phenoxy) is 1. The van der Waals surface area contributed by atoms with E-state index in [2.05, 4.69) is 43.4 Å². The number of nitrogens with one attached hydrogen (secondary N) is 1. The van der Waals surface area contributed by atoms with Crippen LogP contribution in [0.5, 0.6) is 5.75 Å². The van der Waals surface area contributed by atoms with Crippen molar-refractivity contribution >= 4 is 0 Å². The fourth-order valence-electron chi connectivity index (χ4n) is 2.19. The van der Waals surface area contributed by atoms with Crippen LogP contribution in [0.1, 0.15) is 45.1 Å². The standard InChI is InChI=1S/C16H25NO/c1-3-14(17-4-2)8-5-13-6-9-15(10-7-13)18-16-11-12-16/h6-7,9-10,14,16-17H,3-5,8,11-12H2,1-2H3. The molecule has 1 aromatic rings. The minimum Gasteiger partial charge on any atom is -0.490 e. The van der Waals surface area contributed by atoms with Crippen LogP contribution >= 0.6 is 0 Å². The maximum atomic E-state index is 5.75. The van der Waals surface area contributed by atoms with Gasteiger partial charge in [0.15, 0.2) is 0 Å². The summed E-state index contributed by atoms with van der Waals surface area (Å²) in [5.41, 5.74) is 1.41. The first kappa shape index (κ1) is 13.4. The number of hydrogen-bond donors (Lipinski definition) is 1. The molecular formula is C16H25NO. The summed E-state index contributed by atoms with van der Waals surface area (Å²) in [6.07, 6.45) is 6.51. The Morgan fingerprint density at radius 2 is 1.94 bits per heavy atom. The molecule has 2 heteroatoms. The third-order valence-electron chi connectivity index (χ3n) is 3.52. The monoisotopic (exact) mass is 247 g/mol. The molecule has 1 aromatic carbocycles. The normalized spacial score (nSPS) is 16.6. The minimum absolute atomic E-state index is 0.495. The lowest BCUT2D eigenvalue weighted by Gasteiger charge is -2.15. The molecule has 18 heavy (non-hydrogen) atoms. The van der Waals surface area contributed by atoms with Crippen molar-refractivity contribution < 1.29 is 4.74 Å². The molecule has 1 unspecified atom stereocenters. The average molecular weight is 247 g/mol. The molecule has 1 fully saturated rings. The first-order valence-corrected chi connectivity index (χ1v) is 7.30. The third-order valence-corrected chi connectivity index (χ3v) is 3.52. The molecule has 1 N–H and O–H groups in total. The highest BCUT2D eigenvalue weighted by molar-refractivity contribution is 5.28. The zero-order valence-corrected chi connectivity index (χ0v) is 11.6. The first-order chi connectivity index (χ1) is 8.81. The molecule has 0 bridgehead atoms. The Labute approximate surface area is 111 Å². The lowest BCUT2D eigenvalue weighted by Crippen LogP contribution is -2.28. The summed E-state index contributed by atoms with van der Waals surface area (Å²) >= 11 is 0. The fraction of sp³-hybridized carbons (Fsp3) is 0.625. The lowest BCUT2D eigenvalue weighted by atomic mass is 10.0. The van der Waals surface area contributed by atoms with Gasteiger partial charge in [0.2, 0.25) is 0 Å². The van der Waals surface area contributed by atoms with E-state index in [0.717, 1.165) is 18.7 Å². The van der Waals surface area contributed by atoms with E-state index >= 15 is 0 Å². The van der Waals surface area contributed by atoms with E-state index in [1.54, 1.807) is 0 Å². The third kappa shape index (κ3) is 4.34. The second-order valence-electron chi connectivity index (χ2n) is 5.16. The van der Waals surface area contributed by atoms with E-state index in [-0.39, 0.29) is 0 Å². The van der Waals surface area contributed by atoms with Gasteiger partial charge < -0.3 is 10.1 Å². The summed E-state index contributed by atoms with van der Waals surface area (Å²) in [5, 5.41) is 3.52. The molecule has 0 aliphatic heterocycles. The van der Waals surface area contributed by atoms with E-state index in [4.69, 9.17) is 4.74 Å². The van der Waals surface area contributed by atoms with Crippen molar-refractivity contribution in [2.75, 3.05) is 6.54 Å². The Kier molecular flexibility index (Phi) is 5.06. The summed E-state index contributed by atoms with van der Waals surface area (Å²) in [5.74, 6) is 1.03. The molecule has 0 heterocycles. The molecular weight excluding hydrogens is 222 g/mol. The van der Waals surface area contributed by atoms with Crippen LogP contribution < -0.4 is 10.1 Å². The van der Waals surface area contributed by atoms with Gasteiger partial charge in [-0.3, -0.25) is 0 Å². The molecule has 100 valence electrons. The molecule has 2 nitrogen and oxygen atoms in total. The predicted octanol–water partition coefficient (Wildman–Crippen LogP) is 3.55. The van der Waals surface area contributed by atoms with Crippen molar-refractivity contribution in [1.82, 2.24) is 5.32 Å². The van der Waals surface area contributed by atoms with Gasteiger partial charge in [0.25, 0.3) is 0 Å². The maximum absolute atomic E-state index is 5.75. The zero-order valence-electron chi connectivity index (χ0n) is 11.6. The van der Waals surface area contributed by atoms with Gasteiger partial charge in [-0.15, -0.1) is 0 Å². The van der Waals surface area contributed by atoms with Gasteiger partial charge in [0.1, 0.15) is 5.75 Å². The summed E-state index contributed by atoms with van der Waals surface area (Å²) in [7, 11) is 0. The van der Waals surface area contributed by atoms with Crippen LogP contribution in [0, 0.1) is 0 Å². The second kappa shape index (κ2) is 6.79. The highest BCUT2D eigenvalue weighted by Gasteiger charge is 2.23. The Hall–Kier alpha value is -1.02. The first-order valence-electron chi connectivity index (χ1n) is 7.30. The van der Waals surface area contributed by atoms with Crippen LogP contribution in [0.4, 0.5) is 0 Å². The minimum atomic E-state index is 0.495. The van der Waals surface area contributed by atoms with Crippen molar-refractivity contribution in [2.45, 2.75) is 58.1 Å². The van der Waals surface area contributed by atoms with Crippen molar-refractivity contribution in [3.63, 3.8) is 0 Å². The lowest BCUT2D eigenvalue weighted by molar-refractivity contribution is 0.303. The van der Waals surface area contributed by atoms with E-state index in [9.17, 15) is 0 Å². The highest BCUT2D eigenvalue weighted by Crippen LogP contribution is 2.26. The summed E-state index contributed by atoms with van der Waals surface area (Å²) < 4.78 is 5.75. The van der Waals surface area contributed by atoms with E-state index < -0.39 is 0 Å². The van der Waals surface area contributed by atoms with Crippen molar-refractivity contribution in [1.29, 1.82) is 0 Å². The summed E-state index contributed by atoms with van der Waals surface area (Å²) in [4.78, 5) is 0. The molecule has 0 spiro atoms. The van der Waals surface area contributed by atoms with Gasteiger partial charge in [-0.05, 0) is 56.3 Å². The number of aryl methyl sites for hydroxylation is 1. The average Bonchev–Trinajstić information content (AvgIpc) is 3.20. The van der Waals surface area contributed by atoms with Crippen LogP contribution in [0.2, 0.25) is 0 Å². The van der Waals surface area contributed by atoms with Crippen LogP contribution in [-0.4, -0.2) is 18.7 Å². The van der Waals surface area contributed by atoms with Gasteiger partial charge in [0, 0.05) is 6.04 Å². The molecule has 1 aliphatic carbocycles. The van der Waals surface area contributed by atoms with Gasteiger partial charge in [-0.1, -0.05) is 26.0 Å². The molecule has 0 radical (unpaired) electrons. The molecule has 0 aromatic heterocycles. The van der Waals surface area contributed by atoms with E-state index in [1.165, 1.54) is 31.2 Å². The molecule has 1 atom stereocenters. The number of hydrogen-bond acceptors (Lipinski definition) is 2. The van der Waals surface area contributed by atoms with Crippen LogP contribution in [0.15, 0.2) is 24.3 Å². The van der Waals surface area contributed by atoms with Crippen LogP contribution in [0.25, 0.3) is 0 Å². The number of benzene rings is 1. The smallest absolute Gasteiger partial charge is 0.119 e. The van der Waals surface area contributed by atoms with E-state index in [1.807, 2.05) is 0 Å². The molecule has 1 aliphatic rings. The summed E-state index contributed by atoms with van der Waals surface area (Å²) in [6.45, 7) is 5.49. The molecule has 0 saturated heterocycles. The van der Waals surface area contributed by atoms with Crippen molar-refractivity contribution in [2.24, 2.45) is 0 Å². The van der Waals surface area contributed by atoms with Crippen LogP contribution in [0.3, 0.4) is 0 Å². The Balaban J connectivity index is 1.77. The van der Waals surface area contributed by atoms with Crippen LogP contribution in [-0.2, 0) is 6.42 Å². The largest absolute Gasteiger partial charge is 0.490 e. The Morgan fingerprint density at radius 1 is 1.22 bits per heavy atom. The number of rotatable bonds is 8. The van der Waals surface area contributed by atoms with Gasteiger partial charge >= 0.3 is 0 Å². The highest BCUT2D eigenvalue weighted by atomic mass is 16.5. The zero-order chi connectivity index (χ0) is 12.8. The van der Waals surface area contributed by atoms with Crippen molar-refractivity contribution in [3.05, 3.63) is 29.8 Å².